The second-order valence-electron chi connectivity index (χ2n) is 7.31. The first-order chi connectivity index (χ1) is 14.1. The predicted octanol–water partition coefficient (Wildman–Crippen LogP) is 5.09. The van der Waals surface area contributed by atoms with Crippen LogP contribution in [0.1, 0.15) is 54.9 Å². The van der Waals surface area contributed by atoms with Crippen LogP contribution in [0.5, 0.6) is 5.75 Å². The van der Waals surface area contributed by atoms with Crippen LogP contribution in [0, 0.1) is 0 Å². The number of halogens is 1. The number of carbonyl (C=O) groups is 2. The standard InChI is InChI=1S/C23H27BrN2O3/c1-2-16-12-13-21(19(24)14-16)29-15-22(27)26-20-11-7-6-10-18(20)23(28)25-17-8-4-3-5-9-17/h6-7,10-14,17H,2-5,8-9,15H2,1H3,(H,25,28)(H,26,27). The molecular formula is C23H27BrN2O3. The lowest BCUT2D eigenvalue weighted by molar-refractivity contribution is -0.118. The van der Waals surface area contributed by atoms with Crippen LogP contribution in [-0.4, -0.2) is 24.5 Å². The van der Waals surface area contributed by atoms with E-state index in [1.54, 1.807) is 24.3 Å². The zero-order valence-electron chi connectivity index (χ0n) is 16.7. The van der Waals surface area contributed by atoms with Gasteiger partial charge in [0.25, 0.3) is 11.8 Å². The molecule has 0 atom stereocenters. The van der Waals surface area contributed by atoms with Crippen molar-refractivity contribution in [3.8, 4) is 5.75 Å². The first kappa shape index (κ1) is 21.4. The molecule has 0 saturated heterocycles. The van der Waals surface area contributed by atoms with Crippen LogP contribution < -0.4 is 15.4 Å². The maximum absolute atomic E-state index is 12.7. The number of benzene rings is 2. The summed E-state index contributed by atoms with van der Waals surface area (Å²) in [5, 5.41) is 5.90. The Balaban J connectivity index is 1.59. The Hall–Kier alpha value is -2.34. The summed E-state index contributed by atoms with van der Waals surface area (Å²) in [4.78, 5) is 25.1. The number of nitrogens with one attached hydrogen (secondary N) is 2. The Morgan fingerprint density at radius 1 is 1.10 bits per heavy atom. The molecule has 0 aliphatic heterocycles. The van der Waals surface area contributed by atoms with Gasteiger partial charge in [0.2, 0.25) is 0 Å². The molecule has 3 rings (SSSR count). The average Bonchev–Trinajstić information content (AvgIpc) is 2.74. The third-order valence-electron chi connectivity index (χ3n) is 5.15. The van der Waals surface area contributed by atoms with Gasteiger partial charge in [0.1, 0.15) is 5.75 Å². The van der Waals surface area contributed by atoms with Gasteiger partial charge in [-0.25, -0.2) is 0 Å². The summed E-state index contributed by atoms with van der Waals surface area (Å²) in [7, 11) is 0. The number of amides is 2. The van der Waals surface area contributed by atoms with Crippen LogP contribution in [0.4, 0.5) is 5.69 Å². The van der Waals surface area contributed by atoms with Crippen molar-refractivity contribution in [1.82, 2.24) is 5.32 Å². The summed E-state index contributed by atoms with van der Waals surface area (Å²) in [6.07, 6.45) is 6.49. The minimum absolute atomic E-state index is 0.136. The van der Waals surface area contributed by atoms with Crippen LogP contribution >= 0.6 is 15.9 Å². The smallest absolute Gasteiger partial charge is 0.262 e. The molecule has 1 aliphatic carbocycles. The van der Waals surface area contributed by atoms with Crippen LogP contribution in [-0.2, 0) is 11.2 Å². The van der Waals surface area contributed by atoms with Crippen molar-refractivity contribution >= 4 is 33.4 Å². The third-order valence-corrected chi connectivity index (χ3v) is 5.77. The van der Waals surface area contributed by atoms with Crippen molar-refractivity contribution in [1.29, 1.82) is 0 Å². The molecule has 2 amide bonds. The summed E-state index contributed by atoms with van der Waals surface area (Å²) in [5.41, 5.74) is 2.15. The molecule has 29 heavy (non-hydrogen) atoms. The van der Waals surface area contributed by atoms with Crippen molar-refractivity contribution in [3.63, 3.8) is 0 Å². The summed E-state index contributed by atoms with van der Waals surface area (Å²) in [6.45, 7) is 1.94. The van der Waals surface area contributed by atoms with Crippen molar-refractivity contribution in [2.24, 2.45) is 0 Å². The number of aryl methyl sites for hydroxylation is 1. The SMILES string of the molecule is CCc1ccc(OCC(=O)Nc2ccccc2C(=O)NC2CCCCC2)c(Br)c1. The molecule has 5 nitrogen and oxygen atoms in total. The lowest BCUT2D eigenvalue weighted by Gasteiger charge is -2.23. The second kappa shape index (κ2) is 10.4. The van der Waals surface area contributed by atoms with Crippen LogP contribution in [0.3, 0.4) is 0 Å². The molecule has 2 aromatic rings. The zero-order chi connectivity index (χ0) is 20.6. The number of hydrogen-bond acceptors (Lipinski definition) is 3. The topological polar surface area (TPSA) is 67.4 Å². The van der Waals surface area contributed by atoms with Crippen molar-refractivity contribution in [3.05, 3.63) is 58.1 Å². The summed E-state index contributed by atoms with van der Waals surface area (Å²) < 4.78 is 6.45. The van der Waals surface area contributed by atoms with Gasteiger partial charge < -0.3 is 15.4 Å². The fourth-order valence-corrected chi connectivity index (χ4v) is 4.05. The van der Waals surface area contributed by atoms with Gasteiger partial charge in [-0.3, -0.25) is 9.59 Å². The van der Waals surface area contributed by atoms with Gasteiger partial charge in [-0.1, -0.05) is 44.4 Å². The van der Waals surface area contributed by atoms with Gasteiger partial charge >= 0.3 is 0 Å². The molecule has 1 saturated carbocycles. The van der Waals surface area contributed by atoms with E-state index < -0.39 is 0 Å². The fourth-order valence-electron chi connectivity index (χ4n) is 3.51. The molecule has 1 fully saturated rings. The van der Waals surface area contributed by atoms with E-state index in [0.717, 1.165) is 36.6 Å². The normalized spacial score (nSPS) is 14.3. The van der Waals surface area contributed by atoms with E-state index in [4.69, 9.17) is 4.74 Å². The van der Waals surface area contributed by atoms with E-state index in [0.29, 0.717) is 17.0 Å². The number of anilines is 1. The number of hydrogen-bond donors (Lipinski definition) is 2. The zero-order valence-corrected chi connectivity index (χ0v) is 18.3. The number of carbonyl (C=O) groups excluding carboxylic acids is 2. The van der Waals surface area contributed by atoms with E-state index in [1.165, 1.54) is 12.0 Å². The Bertz CT molecular complexity index is 863. The summed E-state index contributed by atoms with van der Waals surface area (Å²) in [6, 6.07) is 13.1. The maximum Gasteiger partial charge on any atom is 0.262 e. The molecule has 0 radical (unpaired) electrons. The molecule has 0 spiro atoms. The summed E-state index contributed by atoms with van der Waals surface area (Å²) >= 11 is 3.47. The van der Waals surface area contributed by atoms with Gasteiger partial charge in [0.15, 0.2) is 6.61 Å². The lowest BCUT2D eigenvalue weighted by atomic mass is 9.95. The molecular weight excluding hydrogens is 432 g/mol. The number of para-hydroxylation sites is 1. The van der Waals surface area contributed by atoms with Gasteiger partial charge in [0, 0.05) is 6.04 Å². The van der Waals surface area contributed by atoms with Crippen molar-refractivity contribution in [2.75, 3.05) is 11.9 Å². The Labute approximate surface area is 180 Å². The minimum Gasteiger partial charge on any atom is -0.483 e. The third kappa shape index (κ3) is 6.07. The molecule has 2 aromatic carbocycles. The molecule has 1 aliphatic rings. The quantitative estimate of drug-likeness (QED) is 0.606. The number of ether oxygens (including phenoxy) is 1. The summed E-state index contributed by atoms with van der Waals surface area (Å²) in [5.74, 6) is 0.154. The first-order valence-corrected chi connectivity index (χ1v) is 11.0. The largest absolute Gasteiger partial charge is 0.483 e. The molecule has 0 heterocycles. The van der Waals surface area contributed by atoms with Gasteiger partial charge in [-0.05, 0) is 65.0 Å². The monoisotopic (exact) mass is 458 g/mol. The lowest BCUT2D eigenvalue weighted by Crippen LogP contribution is -2.36. The molecule has 0 bridgehead atoms. The van der Waals surface area contributed by atoms with Crippen LogP contribution in [0.25, 0.3) is 0 Å². The Morgan fingerprint density at radius 3 is 2.59 bits per heavy atom. The van der Waals surface area contributed by atoms with E-state index in [9.17, 15) is 9.59 Å². The molecule has 6 heteroatoms. The van der Waals surface area contributed by atoms with Crippen LogP contribution in [0.2, 0.25) is 0 Å². The molecule has 0 aromatic heterocycles. The number of rotatable bonds is 7. The maximum atomic E-state index is 12.7. The van der Waals surface area contributed by atoms with E-state index >= 15 is 0 Å². The fraction of sp³-hybridized carbons (Fsp3) is 0.391. The first-order valence-electron chi connectivity index (χ1n) is 10.2. The van der Waals surface area contributed by atoms with Gasteiger partial charge in [0.05, 0.1) is 15.7 Å². The average molecular weight is 459 g/mol. The molecule has 2 N–H and O–H groups in total. The van der Waals surface area contributed by atoms with Crippen molar-refractivity contribution in [2.45, 2.75) is 51.5 Å². The van der Waals surface area contributed by atoms with Crippen molar-refractivity contribution < 1.29 is 14.3 Å². The highest BCUT2D eigenvalue weighted by Crippen LogP contribution is 2.26. The highest BCUT2D eigenvalue weighted by molar-refractivity contribution is 9.10. The van der Waals surface area contributed by atoms with E-state index in [2.05, 4.69) is 33.5 Å². The highest BCUT2D eigenvalue weighted by atomic mass is 79.9. The molecule has 154 valence electrons. The Kier molecular flexibility index (Phi) is 7.69. The van der Waals surface area contributed by atoms with Gasteiger partial charge in [-0.2, -0.15) is 0 Å². The van der Waals surface area contributed by atoms with E-state index in [1.807, 2.05) is 18.2 Å². The highest BCUT2D eigenvalue weighted by Gasteiger charge is 2.19. The second-order valence-corrected chi connectivity index (χ2v) is 8.16. The van der Waals surface area contributed by atoms with Gasteiger partial charge in [-0.15, -0.1) is 0 Å². The van der Waals surface area contributed by atoms with Crippen LogP contribution in [0.15, 0.2) is 46.9 Å². The Morgan fingerprint density at radius 2 is 1.86 bits per heavy atom. The molecule has 0 unspecified atom stereocenters. The minimum atomic E-state index is -0.311. The predicted molar refractivity (Wildman–Crippen MR) is 118 cm³/mol. The van der Waals surface area contributed by atoms with E-state index in [-0.39, 0.29) is 24.5 Å².